The third-order valence-electron chi connectivity index (χ3n) is 3.90. The van der Waals surface area contributed by atoms with Crippen LogP contribution in [0.5, 0.6) is 5.75 Å². The number of aliphatic carboxylic acids is 1. The van der Waals surface area contributed by atoms with Crippen LogP contribution in [0.25, 0.3) is 11.0 Å². The van der Waals surface area contributed by atoms with E-state index < -0.39 is 12.1 Å². The van der Waals surface area contributed by atoms with Gasteiger partial charge in [0.2, 0.25) is 5.91 Å². The van der Waals surface area contributed by atoms with Crippen LogP contribution in [-0.2, 0) is 20.7 Å². The zero-order chi connectivity index (χ0) is 16.4. The van der Waals surface area contributed by atoms with Gasteiger partial charge in [-0.25, -0.2) is 4.79 Å². The Bertz CT molecular complexity index is 737. The lowest BCUT2D eigenvalue weighted by Crippen LogP contribution is -2.49. The fourth-order valence-corrected chi connectivity index (χ4v) is 2.63. The Hall–Kier alpha value is -2.54. The van der Waals surface area contributed by atoms with Crippen LogP contribution >= 0.6 is 0 Å². The van der Waals surface area contributed by atoms with Crippen molar-refractivity contribution in [2.45, 2.75) is 12.5 Å². The van der Waals surface area contributed by atoms with Gasteiger partial charge in [0.1, 0.15) is 11.3 Å². The molecule has 1 aliphatic heterocycles. The summed E-state index contributed by atoms with van der Waals surface area (Å²) in [5.74, 6) is -0.511. The Kier molecular flexibility index (Phi) is 4.20. The average molecular weight is 319 g/mol. The molecule has 1 aliphatic rings. The van der Waals surface area contributed by atoms with E-state index in [1.807, 2.05) is 6.07 Å². The van der Waals surface area contributed by atoms with Crippen LogP contribution < -0.4 is 4.74 Å². The van der Waals surface area contributed by atoms with Crippen molar-refractivity contribution in [3.63, 3.8) is 0 Å². The number of methoxy groups -OCH3 is 1. The Labute approximate surface area is 132 Å². The van der Waals surface area contributed by atoms with Gasteiger partial charge in [0.25, 0.3) is 0 Å². The van der Waals surface area contributed by atoms with Gasteiger partial charge in [-0.3, -0.25) is 4.79 Å². The van der Waals surface area contributed by atoms with Gasteiger partial charge in [-0.1, -0.05) is 0 Å². The Balaban J connectivity index is 1.74. The molecule has 0 bridgehead atoms. The molecular weight excluding hydrogens is 302 g/mol. The number of carboxylic acids is 1. The lowest BCUT2D eigenvalue weighted by Gasteiger charge is -2.30. The predicted octanol–water partition coefficient (Wildman–Crippen LogP) is 1.30. The van der Waals surface area contributed by atoms with E-state index in [-0.39, 0.29) is 25.5 Å². The molecule has 1 fully saturated rings. The second-order valence-electron chi connectivity index (χ2n) is 5.34. The molecule has 2 heterocycles. The summed E-state index contributed by atoms with van der Waals surface area (Å²) in [6, 6.07) is 5.42. The number of amides is 1. The van der Waals surface area contributed by atoms with Gasteiger partial charge in [-0.15, -0.1) is 0 Å². The van der Waals surface area contributed by atoms with Crippen molar-refractivity contribution in [3.05, 3.63) is 30.0 Å². The fourth-order valence-electron chi connectivity index (χ4n) is 2.63. The molecular formula is C16H17NO6. The molecule has 1 aromatic heterocycles. The Morgan fingerprint density at radius 1 is 1.43 bits per heavy atom. The summed E-state index contributed by atoms with van der Waals surface area (Å²) in [6.45, 7) is 0.691. The largest absolute Gasteiger partial charge is 0.497 e. The van der Waals surface area contributed by atoms with Gasteiger partial charge >= 0.3 is 5.97 Å². The van der Waals surface area contributed by atoms with E-state index in [0.29, 0.717) is 17.9 Å². The molecule has 7 nitrogen and oxygen atoms in total. The predicted molar refractivity (Wildman–Crippen MR) is 80.4 cm³/mol. The number of morpholine rings is 1. The van der Waals surface area contributed by atoms with E-state index in [1.165, 1.54) is 4.90 Å². The maximum atomic E-state index is 12.4. The molecule has 1 saturated heterocycles. The van der Waals surface area contributed by atoms with E-state index in [1.54, 1.807) is 25.5 Å². The highest BCUT2D eigenvalue weighted by molar-refractivity contribution is 5.88. The first-order valence-corrected chi connectivity index (χ1v) is 7.25. The molecule has 1 amide bonds. The molecule has 0 spiro atoms. The summed E-state index contributed by atoms with van der Waals surface area (Å²) in [5, 5.41) is 9.84. The van der Waals surface area contributed by atoms with Crippen molar-refractivity contribution >= 4 is 22.8 Å². The van der Waals surface area contributed by atoms with E-state index in [0.717, 1.165) is 10.9 Å². The molecule has 0 unspecified atom stereocenters. The highest BCUT2D eigenvalue weighted by Gasteiger charge is 2.29. The van der Waals surface area contributed by atoms with Crippen LogP contribution in [0.4, 0.5) is 0 Å². The molecule has 2 aromatic rings. The molecule has 3 rings (SSSR count). The van der Waals surface area contributed by atoms with Gasteiger partial charge in [-0.2, -0.15) is 0 Å². The minimum absolute atomic E-state index is 0.0672. The van der Waals surface area contributed by atoms with Crippen molar-refractivity contribution in [2.75, 3.05) is 26.8 Å². The van der Waals surface area contributed by atoms with Crippen LogP contribution in [0, 0.1) is 0 Å². The topological polar surface area (TPSA) is 89.2 Å². The summed E-state index contributed by atoms with van der Waals surface area (Å²) < 4.78 is 15.7. The van der Waals surface area contributed by atoms with Gasteiger partial charge in [0.05, 0.1) is 32.9 Å². The maximum Gasteiger partial charge on any atom is 0.334 e. The number of furan rings is 1. The molecule has 122 valence electrons. The normalized spacial score (nSPS) is 18.1. The Morgan fingerprint density at radius 2 is 2.26 bits per heavy atom. The number of rotatable bonds is 4. The van der Waals surface area contributed by atoms with Gasteiger partial charge in [0, 0.05) is 23.6 Å². The summed E-state index contributed by atoms with van der Waals surface area (Å²) in [4.78, 5) is 24.9. The highest BCUT2D eigenvalue weighted by Crippen LogP contribution is 2.26. The van der Waals surface area contributed by atoms with Crippen molar-refractivity contribution in [1.82, 2.24) is 4.90 Å². The molecule has 0 aliphatic carbocycles. The summed E-state index contributed by atoms with van der Waals surface area (Å²) in [6.07, 6.45) is 0.751. The first kappa shape index (κ1) is 15.4. The van der Waals surface area contributed by atoms with E-state index in [4.69, 9.17) is 19.0 Å². The number of carboxylic acid groups (broad SMARTS) is 1. The number of ether oxygens (including phenoxy) is 2. The monoisotopic (exact) mass is 319 g/mol. The van der Waals surface area contributed by atoms with Crippen molar-refractivity contribution in [2.24, 2.45) is 0 Å². The summed E-state index contributed by atoms with van der Waals surface area (Å²) >= 11 is 0. The van der Waals surface area contributed by atoms with Gasteiger partial charge in [0.15, 0.2) is 6.10 Å². The lowest BCUT2D eigenvalue weighted by atomic mass is 10.1. The van der Waals surface area contributed by atoms with Crippen LogP contribution in [0.3, 0.4) is 0 Å². The summed E-state index contributed by atoms with van der Waals surface area (Å²) in [5.41, 5.74) is 1.42. The molecule has 7 heteroatoms. The number of carbonyl (C=O) groups is 2. The van der Waals surface area contributed by atoms with Gasteiger partial charge in [-0.05, 0) is 12.1 Å². The highest BCUT2D eigenvalue weighted by atomic mass is 16.5. The van der Waals surface area contributed by atoms with Crippen molar-refractivity contribution in [1.29, 1.82) is 0 Å². The summed E-state index contributed by atoms with van der Waals surface area (Å²) in [7, 11) is 1.58. The molecule has 1 aromatic carbocycles. The quantitative estimate of drug-likeness (QED) is 0.913. The molecule has 23 heavy (non-hydrogen) atoms. The van der Waals surface area contributed by atoms with Gasteiger partial charge < -0.3 is 23.9 Å². The second kappa shape index (κ2) is 6.29. The van der Waals surface area contributed by atoms with Crippen LogP contribution in [-0.4, -0.2) is 54.8 Å². The van der Waals surface area contributed by atoms with E-state index >= 15 is 0 Å². The lowest BCUT2D eigenvalue weighted by molar-refractivity contribution is -0.159. The zero-order valence-electron chi connectivity index (χ0n) is 12.7. The SMILES string of the molecule is COc1ccc2c(CC(=O)N3CCO[C@@H](C(=O)O)C3)coc2c1. The zero-order valence-corrected chi connectivity index (χ0v) is 12.7. The standard InChI is InChI=1S/C16H17NO6/c1-21-11-2-3-12-10(9-23-13(12)7-11)6-15(18)17-4-5-22-14(8-17)16(19)20/h2-3,7,9,14H,4-6,8H2,1H3,(H,19,20)/t14-/m1/s1. The number of nitrogens with zero attached hydrogens (tertiary/aromatic N) is 1. The third kappa shape index (κ3) is 3.14. The minimum atomic E-state index is -1.05. The van der Waals surface area contributed by atoms with Crippen LogP contribution in [0.1, 0.15) is 5.56 Å². The van der Waals surface area contributed by atoms with Crippen molar-refractivity contribution < 1.29 is 28.6 Å². The Morgan fingerprint density at radius 3 is 3.00 bits per heavy atom. The maximum absolute atomic E-state index is 12.4. The number of carbonyl (C=O) groups excluding carboxylic acids is 1. The van der Waals surface area contributed by atoms with E-state index in [9.17, 15) is 9.59 Å². The molecule has 0 saturated carbocycles. The van der Waals surface area contributed by atoms with Crippen LogP contribution in [0.15, 0.2) is 28.9 Å². The first-order chi connectivity index (χ1) is 11.1. The number of fused-ring (bicyclic) bond motifs is 1. The molecule has 1 N–H and O–H groups in total. The molecule has 1 atom stereocenters. The van der Waals surface area contributed by atoms with Crippen molar-refractivity contribution in [3.8, 4) is 5.75 Å². The minimum Gasteiger partial charge on any atom is -0.497 e. The number of hydrogen-bond acceptors (Lipinski definition) is 5. The van der Waals surface area contributed by atoms with E-state index in [2.05, 4.69) is 0 Å². The third-order valence-corrected chi connectivity index (χ3v) is 3.90. The number of hydrogen-bond donors (Lipinski definition) is 1. The smallest absolute Gasteiger partial charge is 0.334 e. The fraction of sp³-hybridized carbons (Fsp3) is 0.375. The average Bonchev–Trinajstić information content (AvgIpc) is 2.97. The van der Waals surface area contributed by atoms with Crippen LogP contribution in [0.2, 0.25) is 0 Å². The molecule has 0 radical (unpaired) electrons. The second-order valence-corrected chi connectivity index (χ2v) is 5.34. The number of benzene rings is 1. The first-order valence-electron chi connectivity index (χ1n) is 7.25.